The van der Waals surface area contributed by atoms with Gasteiger partial charge in [-0.3, -0.25) is 14.6 Å². The predicted molar refractivity (Wildman–Crippen MR) is 49.0 cm³/mol. The van der Waals surface area contributed by atoms with Crippen molar-refractivity contribution in [3.05, 3.63) is 29.1 Å². The second-order valence-electron chi connectivity index (χ2n) is 3.00. The molecule has 3 nitrogen and oxygen atoms in total. The van der Waals surface area contributed by atoms with Crippen LogP contribution in [0.5, 0.6) is 0 Å². The summed E-state index contributed by atoms with van der Waals surface area (Å²) in [6.07, 6.45) is 1.45. The minimum atomic E-state index is -0.0850. The van der Waals surface area contributed by atoms with Gasteiger partial charge < -0.3 is 0 Å². The van der Waals surface area contributed by atoms with E-state index < -0.39 is 0 Å². The van der Waals surface area contributed by atoms with Crippen LogP contribution in [0.1, 0.15) is 40.3 Å². The number of pyridine rings is 1. The first-order valence-corrected chi connectivity index (χ1v) is 4.01. The Morgan fingerprint density at radius 1 is 1.23 bits per heavy atom. The molecule has 0 radical (unpaired) electrons. The second-order valence-corrected chi connectivity index (χ2v) is 3.00. The van der Waals surface area contributed by atoms with Crippen molar-refractivity contribution in [2.24, 2.45) is 0 Å². The van der Waals surface area contributed by atoms with Crippen LogP contribution in [0.3, 0.4) is 0 Å². The molecule has 0 spiro atoms. The van der Waals surface area contributed by atoms with Gasteiger partial charge in [-0.15, -0.1) is 0 Å². The number of ketones is 2. The lowest BCUT2D eigenvalue weighted by molar-refractivity contribution is 0.0997. The third kappa shape index (κ3) is 1.99. The van der Waals surface area contributed by atoms with Crippen LogP contribution in [0, 0.1) is 6.92 Å². The molecule has 0 saturated heterocycles. The molecule has 1 aromatic heterocycles. The van der Waals surface area contributed by atoms with Gasteiger partial charge in [-0.05, 0) is 25.5 Å². The molecular formula is C10H11NO2. The van der Waals surface area contributed by atoms with Crippen LogP contribution in [0.2, 0.25) is 0 Å². The van der Waals surface area contributed by atoms with Crippen LogP contribution in [0.25, 0.3) is 0 Å². The maximum atomic E-state index is 11.0. The third-order valence-corrected chi connectivity index (χ3v) is 1.85. The fourth-order valence-electron chi connectivity index (χ4n) is 1.12. The highest BCUT2D eigenvalue weighted by molar-refractivity contribution is 5.97. The monoisotopic (exact) mass is 177 g/mol. The van der Waals surface area contributed by atoms with Gasteiger partial charge in [-0.1, -0.05) is 0 Å². The summed E-state index contributed by atoms with van der Waals surface area (Å²) in [6.45, 7) is 4.73. The molecule has 0 atom stereocenters. The summed E-state index contributed by atoms with van der Waals surface area (Å²) in [5, 5.41) is 0. The fourth-order valence-corrected chi connectivity index (χ4v) is 1.12. The van der Waals surface area contributed by atoms with Gasteiger partial charge in [0.15, 0.2) is 11.6 Å². The van der Waals surface area contributed by atoms with Crippen molar-refractivity contribution in [1.82, 2.24) is 4.98 Å². The standard InChI is InChI=1S/C10H11NO2/c1-6-4-10(8(3)13)11-5-9(6)7(2)12/h4-5H,1-3H3. The van der Waals surface area contributed by atoms with Gasteiger partial charge in [0.05, 0.1) is 0 Å². The normalized spacial score (nSPS) is 9.77. The van der Waals surface area contributed by atoms with Gasteiger partial charge >= 0.3 is 0 Å². The number of nitrogens with zero attached hydrogens (tertiary/aromatic N) is 1. The molecular weight excluding hydrogens is 166 g/mol. The van der Waals surface area contributed by atoms with E-state index in [9.17, 15) is 9.59 Å². The highest BCUT2D eigenvalue weighted by atomic mass is 16.1. The van der Waals surface area contributed by atoms with E-state index in [-0.39, 0.29) is 11.6 Å². The number of rotatable bonds is 2. The van der Waals surface area contributed by atoms with E-state index >= 15 is 0 Å². The molecule has 0 saturated carbocycles. The van der Waals surface area contributed by atoms with E-state index in [0.29, 0.717) is 11.3 Å². The molecule has 1 heterocycles. The highest BCUT2D eigenvalue weighted by Crippen LogP contribution is 2.09. The molecule has 0 fully saturated rings. The molecule has 0 aromatic carbocycles. The molecule has 3 heteroatoms. The van der Waals surface area contributed by atoms with Gasteiger partial charge in [0.1, 0.15) is 5.69 Å². The highest BCUT2D eigenvalue weighted by Gasteiger charge is 2.07. The Labute approximate surface area is 76.8 Å². The summed E-state index contributed by atoms with van der Waals surface area (Å²) in [4.78, 5) is 25.8. The summed E-state index contributed by atoms with van der Waals surface area (Å²) in [5.41, 5.74) is 1.78. The predicted octanol–water partition coefficient (Wildman–Crippen LogP) is 1.80. The summed E-state index contributed by atoms with van der Waals surface area (Å²) in [6, 6.07) is 1.64. The molecule has 13 heavy (non-hydrogen) atoms. The van der Waals surface area contributed by atoms with E-state index in [0.717, 1.165) is 5.56 Å². The lowest BCUT2D eigenvalue weighted by Crippen LogP contribution is -2.02. The first-order chi connectivity index (χ1) is 6.02. The smallest absolute Gasteiger partial charge is 0.178 e. The minimum Gasteiger partial charge on any atom is -0.294 e. The zero-order chi connectivity index (χ0) is 10.0. The number of Topliss-reactive ketones (excluding diaryl/α,β-unsaturated/α-hetero) is 2. The Morgan fingerprint density at radius 3 is 2.23 bits per heavy atom. The van der Waals surface area contributed by atoms with Crippen LogP contribution in [-0.2, 0) is 0 Å². The van der Waals surface area contributed by atoms with Crippen molar-refractivity contribution in [3.8, 4) is 0 Å². The second kappa shape index (κ2) is 3.47. The van der Waals surface area contributed by atoms with Gasteiger partial charge in [0, 0.05) is 18.7 Å². The number of carbonyl (C=O) groups excluding carboxylic acids is 2. The van der Waals surface area contributed by atoms with E-state index in [2.05, 4.69) is 4.98 Å². The summed E-state index contributed by atoms with van der Waals surface area (Å²) in [5.74, 6) is -0.113. The molecule has 0 N–H and O–H groups in total. The molecule has 0 aliphatic carbocycles. The molecule has 0 bridgehead atoms. The molecule has 0 unspecified atom stereocenters. The van der Waals surface area contributed by atoms with Gasteiger partial charge in [0.2, 0.25) is 0 Å². The Hall–Kier alpha value is -1.51. The molecule has 68 valence electrons. The Balaban J connectivity index is 3.20. The maximum absolute atomic E-state index is 11.0. The van der Waals surface area contributed by atoms with Crippen molar-refractivity contribution in [3.63, 3.8) is 0 Å². The van der Waals surface area contributed by atoms with Crippen molar-refractivity contribution in [2.75, 3.05) is 0 Å². The van der Waals surface area contributed by atoms with Gasteiger partial charge in [-0.25, -0.2) is 0 Å². The zero-order valence-electron chi connectivity index (χ0n) is 7.92. The number of hydrogen-bond acceptors (Lipinski definition) is 3. The van der Waals surface area contributed by atoms with E-state index in [1.165, 1.54) is 20.0 Å². The van der Waals surface area contributed by atoms with E-state index in [1.807, 2.05) is 0 Å². The Morgan fingerprint density at radius 2 is 1.85 bits per heavy atom. The van der Waals surface area contributed by atoms with Gasteiger partial charge in [-0.2, -0.15) is 0 Å². The van der Waals surface area contributed by atoms with Crippen molar-refractivity contribution in [1.29, 1.82) is 0 Å². The van der Waals surface area contributed by atoms with Crippen molar-refractivity contribution < 1.29 is 9.59 Å². The first kappa shape index (κ1) is 9.58. The lowest BCUT2D eigenvalue weighted by Gasteiger charge is -2.01. The van der Waals surface area contributed by atoms with E-state index in [4.69, 9.17) is 0 Å². The summed E-state index contributed by atoms with van der Waals surface area (Å²) < 4.78 is 0. The summed E-state index contributed by atoms with van der Waals surface area (Å²) in [7, 11) is 0. The number of aromatic nitrogens is 1. The summed E-state index contributed by atoms with van der Waals surface area (Å²) >= 11 is 0. The molecule has 1 aromatic rings. The number of hydrogen-bond donors (Lipinski definition) is 0. The number of carbonyl (C=O) groups is 2. The number of aryl methyl sites for hydroxylation is 1. The Bertz CT molecular complexity index is 369. The van der Waals surface area contributed by atoms with Crippen LogP contribution in [-0.4, -0.2) is 16.6 Å². The first-order valence-electron chi connectivity index (χ1n) is 4.01. The van der Waals surface area contributed by atoms with Crippen LogP contribution < -0.4 is 0 Å². The SMILES string of the molecule is CC(=O)c1cc(C)c(C(C)=O)cn1. The molecule has 0 aliphatic heterocycles. The Kier molecular flexibility index (Phi) is 2.56. The molecule has 0 amide bonds. The van der Waals surface area contributed by atoms with Crippen LogP contribution in [0.15, 0.2) is 12.3 Å². The lowest BCUT2D eigenvalue weighted by atomic mass is 10.1. The molecule has 0 aliphatic rings. The van der Waals surface area contributed by atoms with Crippen molar-refractivity contribution in [2.45, 2.75) is 20.8 Å². The van der Waals surface area contributed by atoms with Crippen molar-refractivity contribution >= 4 is 11.6 Å². The topological polar surface area (TPSA) is 47.0 Å². The van der Waals surface area contributed by atoms with Crippen LogP contribution in [0.4, 0.5) is 0 Å². The minimum absolute atomic E-state index is 0.0277. The fraction of sp³-hybridized carbons (Fsp3) is 0.300. The van der Waals surface area contributed by atoms with E-state index in [1.54, 1.807) is 13.0 Å². The van der Waals surface area contributed by atoms with Crippen LogP contribution >= 0.6 is 0 Å². The maximum Gasteiger partial charge on any atom is 0.178 e. The quantitative estimate of drug-likeness (QED) is 0.647. The molecule has 1 rings (SSSR count). The largest absolute Gasteiger partial charge is 0.294 e. The van der Waals surface area contributed by atoms with Gasteiger partial charge in [0.25, 0.3) is 0 Å². The zero-order valence-corrected chi connectivity index (χ0v) is 7.92. The average Bonchev–Trinajstić information content (AvgIpc) is 2.03. The third-order valence-electron chi connectivity index (χ3n) is 1.85. The average molecular weight is 177 g/mol.